The maximum atomic E-state index is 11.5. The predicted octanol–water partition coefficient (Wildman–Crippen LogP) is 0.828. The van der Waals surface area contributed by atoms with Gasteiger partial charge in [-0.3, -0.25) is 0 Å². The number of ether oxygens (including phenoxy) is 1. The smallest absolute Gasteiger partial charge is 0.102 e. The van der Waals surface area contributed by atoms with Gasteiger partial charge in [0, 0.05) is 20.3 Å². The third-order valence-corrected chi connectivity index (χ3v) is 1.22. The van der Waals surface area contributed by atoms with Crippen molar-refractivity contribution in [1.82, 2.24) is 5.32 Å². The lowest BCUT2D eigenvalue weighted by molar-refractivity contribution is 0.158. The molecule has 0 aliphatic rings. The molecule has 0 aliphatic carbocycles. The number of hydrogen-bond donors (Lipinski definition) is 1. The summed E-state index contributed by atoms with van der Waals surface area (Å²) in [6, 6.07) is 0. The van der Waals surface area contributed by atoms with E-state index < -0.39 is 0 Å². The van der Waals surface area contributed by atoms with Gasteiger partial charge >= 0.3 is 0 Å². The summed E-state index contributed by atoms with van der Waals surface area (Å²) in [5.74, 6) is 0.469. The van der Waals surface area contributed by atoms with Gasteiger partial charge in [0.1, 0.15) is 6.67 Å². The van der Waals surface area contributed by atoms with Gasteiger partial charge in [-0.2, -0.15) is 0 Å². The lowest BCUT2D eigenvalue weighted by atomic mass is 10.2. The number of rotatable bonds is 6. The zero-order valence-electron chi connectivity index (χ0n) is 6.69. The fraction of sp³-hybridized carbons (Fsp3) is 1.00. The van der Waals surface area contributed by atoms with E-state index in [9.17, 15) is 4.39 Å². The van der Waals surface area contributed by atoms with Crippen molar-refractivity contribution in [3.05, 3.63) is 0 Å². The van der Waals surface area contributed by atoms with Crippen LogP contribution in [0.5, 0.6) is 0 Å². The first-order valence-electron chi connectivity index (χ1n) is 3.57. The first kappa shape index (κ1) is 9.85. The van der Waals surface area contributed by atoms with Crippen molar-refractivity contribution in [1.29, 1.82) is 0 Å². The lowest BCUT2D eigenvalue weighted by Gasteiger charge is -2.09. The Morgan fingerprint density at radius 1 is 1.60 bits per heavy atom. The van der Waals surface area contributed by atoms with Crippen LogP contribution in [-0.4, -0.2) is 33.5 Å². The summed E-state index contributed by atoms with van der Waals surface area (Å²) < 4.78 is 16.4. The van der Waals surface area contributed by atoms with Gasteiger partial charge in [0.15, 0.2) is 0 Å². The lowest BCUT2D eigenvalue weighted by Crippen LogP contribution is -2.25. The fourth-order valence-electron chi connectivity index (χ4n) is 0.759. The molecule has 0 aromatic carbocycles. The molecule has 10 heavy (non-hydrogen) atoms. The van der Waals surface area contributed by atoms with Crippen LogP contribution in [0, 0.1) is 5.92 Å². The molecule has 3 heteroatoms. The molecule has 0 saturated heterocycles. The van der Waals surface area contributed by atoms with Gasteiger partial charge in [0.25, 0.3) is 0 Å². The van der Waals surface area contributed by atoms with Gasteiger partial charge in [-0.1, -0.05) is 6.92 Å². The summed E-state index contributed by atoms with van der Waals surface area (Å²) in [6.07, 6.45) is 0. The van der Waals surface area contributed by atoms with E-state index in [0.717, 1.165) is 13.2 Å². The van der Waals surface area contributed by atoms with Crippen LogP contribution in [-0.2, 0) is 4.74 Å². The van der Waals surface area contributed by atoms with Gasteiger partial charge in [0.05, 0.1) is 0 Å². The molecule has 0 bridgehead atoms. The number of hydrogen-bond acceptors (Lipinski definition) is 2. The molecule has 1 N–H and O–H groups in total. The maximum Gasteiger partial charge on any atom is 0.102 e. The molecule has 0 aromatic heterocycles. The van der Waals surface area contributed by atoms with Crippen molar-refractivity contribution < 1.29 is 9.13 Å². The Morgan fingerprint density at radius 2 is 2.30 bits per heavy atom. The van der Waals surface area contributed by atoms with E-state index in [0.29, 0.717) is 12.5 Å². The Morgan fingerprint density at radius 3 is 2.80 bits per heavy atom. The summed E-state index contributed by atoms with van der Waals surface area (Å²) >= 11 is 0. The Bertz CT molecular complexity index is 70.6. The molecule has 1 unspecified atom stereocenters. The molecule has 0 saturated carbocycles. The van der Waals surface area contributed by atoms with E-state index >= 15 is 0 Å². The molecule has 0 rings (SSSR count). The summed E-state index contributed by atoms with van der Waals surface area (Å²) in [6.45, 7) is 3.79. The van der Waals surface area contributed by atoms with E-state index in [1.165, 1.54) is 0 Å². The molecule has 0 spiro atoms. The minimum Gasteiger partial charge on any atom is -0.384 e. The second kappa shape index (κ2) is 6.96. The minimum absolute atomic E-state index is 0.292. The van der Waals surface area contributed by atoms with Gasteiger partial charge in [-0.25, -0.2) is 4.39 Å². The van der Waals surface area contributed by atoms with E-state index in [-0.39, 0.29) is 6.67 Å². The highest BCUT2D eigenvalue weighted by atomic mass is 19.1. The van der Waals surface area contributed by atoms with Crippen LogP contribution >= 0.6 is 0 Å². The molecular weight excluding hydrogens is 133 g/mol. The van der Waals surface area contributed by atoms with Crippen molar-refractivity contribution in [3.63, 3.8) is 0 Å². The third-order valence-electron chi connectivity index (χ3n) is 1.22. The Labute approximate surface area is 61.8 Å². The van der Waals surface area contributed by atoms with E-state index in [1.54, 1.807) is 7.11 Å². The van der Waals surface area contributed by atoms with E-state index in [2.05, 4.69) is 12.2 Å². The molecule has 0 amide bonds. The van der Waals surface area contributed by atoms with Crippen molar-refractivity contribution in [2.75, 3.05) is 33.5 Å². The number of nitrogens with one attached hydrogen (secondary N) is 1. The first-order valence-corrected chi connectivity index (χ1v) is 3.57. The van der Waals surface area contributed by atoms with Crippen LogP contribution in [0.25, 0.3) is 0 Å². The average molecular weight is 149 g/mol. The monoisotopic (exact) mass is 149 g/mol. The zero-order chi connectivity index (χ0) is 7.82. The van der Waals surface area contributed by atoms with Crippen molar-refractivity contribution >= 4 is 0 Å². The largest absolute Gasteiger partial charge is 0.384 e. The number of halogens is 1. The molecule has 1 atom stereocenters. The number of alkyl halides is 1. The average Bonchev–Trinajstić information content (AvgIpc) is 1.89. The Kier molecular flexibility index (Phi) is 6.86. The SMILES string of the molecule is COCC(C)CNCCF. The number of methoxy groups -OCH3 is 1. The maximum absolute atomic E-state index is 11.5. The van der Waals surface area contributed by atoms with Crippen LogP contribution < -0.4 is 5.32 Å². The van der Waals surface area contributed by atoms with Gasteiger partial charge in [-0.15, -0.1) is 0 Å². The highest BCUT2D eigenvalue weighted by Gasteiger charge is 1.98. The molecule has 0 aliphatic heterocycles. The van der Waals surface area contributed by atoms with Crippen LogP contribution in [0.2, 0.25) is 0 Å². The second-order valence-corrected chi connectivity index (χ2v) is 2.45. The van der Waals surface area contributed by atoms with Crippen LogP contribution in [0.4, 0.5) is 4.39 Å². The normalized spacial score (nSPS) is 13.5. The highest BCUT2D eigenvalue weighted by Crippen LogP contribution is 1.90. The fourth-order valence-corrected chi connectivity index (χ4v) is 0.759. The van der Waals surface area contributed by atoms with E-state index in [1.807, 2.05) is 0 Å². The Balaban J connectivity index is 2.97. The van der Waals surface area contributed by atoms with E-state index in [4.69, 9.17) is 4.74 Å². The zero-order valence-corrected chi connectivity index (χ0v) is 6.69. The van der Waals surface area contributed by atoms with Crippen LogP contribution in [0.15, 0.2) is 0 Å². The van der Waals surface area contributed by atoms with Crippen molar-refractivity contribution in [2.24, 2.45) is 5.92 Å². The van der Waals surface area contributed by atoms with Gasteiger partial charge in [-0.05, 0) is 12.5 Å². The van der Waals surface area contributed by atoms with Crippen LogP contribution in [0.3, 0.4) is 0 Å². The molecule has 0 radical (unpaired) electrons. The first-order chi connectivity index (χ1) is 4.81. The van der Waals surface area contributed by atoms with Crippen molar-refractivity contribution in [3.8, 4) is 0 Å². The standard InChI is InChI=1S/C7H16FNO/c1-7(6-10-2)5-9-4-3-8/h7,9H,3-6H2,1-2H3. The molecule has 62 valence electrons. The summed E-state index contributed by atoms with van der Waals surface area (Å²) in [5.41, 5.74) is 0. The molecular formula is C7H16FNO. The minimum atomic E-state index is -0.292. The predicted molar refractivity (Wildman–Crippen MR) is 39.9 cm³/mol. The molecule has 0 heterocycles. The van der Waals surface area contributed by atoms with Crippen molar-refractivity contribution in [2.45, 2.75) is 6.92 Å². The quantitative estimate of drug-likeness (QED) is 0.565. The third kappa shape index (κ3) is 5.98. The second-order valence-electron chi connectivity index (χ2n) is 2.45. The molecule has 0 fully saturated rings. The highest BCUT2D eigenvalue weighted by molar-refractivity contribution is 4.54. The van der Waals surface area contributed by atoms with Crippen LogP contribution in [0.1, 0.15) is 6.92 Å². The molecule has 2 nitrogen and oxygen atoms in total. The van der Waals surface area contributed by atoms with Gasteiger partial charge in [0.2, 0.25) is 0 Å². The summed E-state index contributed by atoms with van der Waals surface area (Å²) in [7, 11) is 1.67. The van der Waals surface area contributed by atoms with Gasteiger partial charge < -0.3 is 10.1 Å². The molecule has 0 aromatic rings. The summed E-state index contributed by atoms with van der Waals surface area (Å²) in [5, 5.41) is 2.96. The Hall–Kier alpha value is -0.150. The topological polar surface area (TPSA) is 21.3 Å². The summed E-state index contributed by atoms with van der Waals surface area (Å²) in [4.78, 5) is 0.